The fourth-order valence-corrected chi connectivity index (χ4v) is 3.21. The van der Waals surface area contributed by atoms with Gasteiger partial charge in [0.2, 0.25) is 0 Å². The lowest BCUT2D eigenvalue weighted by molar-refractivity contribution is 0.0344. The van der Waals surface area contributed by atoms with Crippen molar-refractivity contribution in [3.05, 3.63) is 65.5 Å². The van der Waals surface area contributed by atoms with Crippen LogP contribution < -0.4 is 10.6 Å². The molecule has 0 aromatic heterocycles. The van der Waals surface area contributed by atoms with E-state index in [1.807, 2.05) is 0 Å². The Morgan fingerprint density at radius 3 is 2.54 bits per heavy atom. The molecule has 6 heteroatoms. The second-order valence-electron chi connectivity index (χ2n) is 6.45. The minimum absolute atomic E-state index is 0.0143. The van der Waals surface area contributed by atoms with Crippen molar-refractivity contribution >= 4 is 23.0 Å². The highest BCUT2D eigenvalue weighted by molar-refractivity contribution is 7.80. The molecule has 1 aliphatic rings. The molecular formula is C20H24FN3OS. The monoisotopic (exact) mass is 373 g/mol. The molecule has 0 unspecified atom stereocenters. The predicted octanol–water partition coefficient (Wildman–Crippen LogP) is 3.49. The second-order valence-corrected chi connectivity index (χ2v) is 6.86. The number of para-hydroxylation sites is 1. The van der Waals surface area contributed by atoms with Gasteiger partial charge in [0.15, 0.2) is 5.11 Å². The van der Waals surface area contributed by atoms with Gasteiger partial charge in [-0.05, 0) is 36.8 Å². The van der Waals surface area contributed by atoms with Crippen LogP contribution in [0.25, 0.3) is 0 Å². The van der Waals surface area contributed by atoms with Gasteiger partial charge in [0.25, 0.3) is 0 Å². The van der Waals surface area contributed by atoms with E-state index in [9.17, 15) is 4.39 Å². The van der Waals surface area contributed by atoms with E-state index < -0.39 is 0 Å². The first-order valence-corrected chi connectivity index (χ1v) is 9.21. The molecule has 1 fully saturated rings. The zero-order chi connectivity index (χ0) is 18.4. The Morgan fingerprint density at radius 2 is 1.85 bits per heavy atom. The standard InChI is InChI=1S/C20H24FN3OS/c1-15-6-8-16(9-7-15)19(14-24-10-12-25-13-11-24)23-20(26)22-18-5-3-2-4-17(18)21/h2-9,19H,10-14H2,1H3,(H2,22,23,26)/t19-/m1/s1. The first-order valence-electron chi connectivity index (χ1n) is 8.80. The van der Waals surface area contributed by atoms with Gasteiger partial charge >= 0.3 is 0 Å². The van der Waals surface area contributed by atoms with Crippen LogP contribution in [0.15, 0.2) is 48.5 Å². The van der Waals surface area contributed by atoms with Crippen LogP contribution in [-0.2, 0) is 4.74 Å². The summed E-state index contributed by atoms with van der Waals surface area (Å²) in [4.78, 5) is 2.35. The molecule has 138 valence electrons. The smallest absolute Gasteiger partial charge is 0.171 e. The van der Waals surface area contributed by atoms with Crippen LogP contribution in [0.5, 0.6) is 0 Å². The minimum atomic E-state index is -0.322. The number of ether oxygens (including phenoxy) is 1. The van der Waals surface area contributed by atoms with E-state index in [1.165, 1.54) is 11.6 Å². The molecule has 1 aliphatic heterocycles. The summed E-state index contributed by atoms with van der Waals surface area (Å²) in [5, 5.41) is 6.72. The van der Waals surface area contributed by atoms with Gasteiger partial charge in [0.1, 0.15) is 5.82 Å². The molecule has 3 rings (SSSR count). The SMILES string of the molecule is Cc1ccc([C@@H](CN2CCOCC2)NC(=S)Nc2ccccc2F)cc1. The lowest BCUT2D eigenvalue weighted by Gasteiger charge is -2.31. The van der Waals surface area contributed by atoms with Crippen LogP contribution >= 0.6 is 12.2 Å². The molecule has 2 N–H and O–H groups in total. The lowest BCUT2D eigenvalue weighted by Crippen LogP contribution is -2.44. The summed E-state index contributed by atoms with van der Waals surface area (Å²) in [6.45, 7) is 6.18. The van der Waals surface area contributed by atoms with Crippen LogP contribution in [0.3, 0.4) is 0 Å². The number of aryl methyl sites for hydroxylation is 1. The maximum atomic E-state index is 13.9. The fourth-order valence-electron chi connectivity index (χ4n) is 2.95. The van der Waals surface area contributed by atoms with E-state index in [2.05, 4.69) is 46.7 Å². The summed E-state index contributed by atoms with van der Waals surface area (Å²) in [6.07, 6.45) is 0. The number of hydrogen-bond acceptors (Lipinski definition) is 3. The zero-order valence-electron chi connectivity index (χ0n) is 14.9. The van der Waals surface area contributed by atoms with Gasteiger partial charge in [0.05, 0.1) is 24.9 Å². The number of nitrogens with one attached hydrogen (secondary N) is 2. The molecule has 1 saturated heterocycles. The van der Waals surface area contributed by atoms with E-state index in [0.29, 0.717) is 10.8 Å². The Labute approximate surface area is 159 Å². The van der Waals surface area contributed by atoms with Crippen molar-refractivity contribution < 1.29 is 9.13 Å². The Morgan fingerprint density at radius 1 is 1.15 bits per heavy atom. The molecular weight excluding hydrogens is 349 g/mol. The molecule has 0 radical (unpaired) electrons. The predicted molar refractivity (Wildman–Crippen MR) is 107 cm³/mol. The van der Waals surface area contributed by atoms with E-state index >= 15 is 0 Å². The first-order chi connectivity index (χ1) is 12.6. The Balaban J connectivity index is 1.70. The average molecular weight is 373 g/mol. The van der Waals surface area contributed by atoms with Crippen molar-refractivity contribution in [1.82, 2.24) is 10.2 Å². The summed E-state index contributed by atoms with van der Waals surface area (Å²) >= 11 is 5.43. The van der Waals surface area contributed by atoms with Crippen molar-refractivity contribution in [2.24, 2.45) is 0 Å². The molecule has 1 heterocycles. The van der Waals surface area contributed by atoms with Gasteiger partial charge in [-0.1, -0.05) is 42.0 Å². The highest BCUT2D eigenvalue weighted by atomic mass is 32.1. The van der Waals surface area contributed by atoms with Crippen molar-refractivity contribution in [2.45, 2.75) is 13.0 Å². The molecule has 0 aliphatic carbocycles. The summed E-state index contributed by atoms with van der Waals surface area (Å²) < 4.78 is 19.3. The van der Waals surface area contributed by atoms with Crippen LogP contribution in [0.1, 0.15) is 17.2 Å². The molecule has 1 atom stereocenters. The van der Waals surface area contributed by atoms with Crippen LogP contribution in [0.4, 0.5) is 10.1 Å². The quantitative estimate of drug-likeness (QED) is 0.785. The topological polar surface area (TPSA) is 36.5 Å². The van der Waals surface area contributed by atoms with Gasteiger partial charge in [-0.2, -0.15) is 0 Å². The van der Waals surface area contributed by atoms with E-state index in [0.717, 1.165) is 38.4 Å². The van der Waals surface area contributed by atoms with E-state index in [4.69, 9.17) is 17.0 Å². The average Bonchev–Trinajstić information content (AvgIpc) is 2.65. The number of nitrogens with zero attached hydrogens (tertiary/aromatic N) is 1. The Kier molecular flexibility index (Phi) is 6.55. The molecule has 26 heavy (non-hydrogen) atoms. The van der Waals surface area contributed by atoms with Crippen molar-refractivity contribution in [3.63, 3.8) is 0 Å². The van der Waals surface area contributed by atoms with Gasteiger partial charge in [-0.3, -0.25) is 4.90 Å². The Bertz CT molecular complexity index is 732. The minimum Gasteiger partial charge on any atom is -0.379 e. The second kappa shape index (κ2) is 9.07. The molecule has 0 bridgehead atoms. The zero-order valence-corrected chi connectivity index (χ0v) is 15.7. The molecule has 2 aromatic rings. The summed E-state index contributed by atoms with van der Waals surface area (Å²) in [7, 11) is 0. The van der Waals surface area contributed by atoms with Gasteiger partial charge in [0, 0.05) is 19.6 Å². The number of rotatable bonds is 5. The summed E-state index contributed by atoms with van der Waals surface area (Å²) in [5.41, 5.74) is 2.74. The van der Waals surface area contributed by atoms with Crippen LogP contribution in [0, 0.1) is 12.7 Å². The molecule has 0 amide bonds. The fraction of sp³-hybridized carbons (Fsp3) is 0.350. The lowest BCUT2D eigenvalue weighted by atomic mass is 10.0. The number of hydrogen-bond donors (Lipinski definition) is 2. The number of morpholine rings is 1. The van der Waals surface area contributed by atoms with E-state index in [-0.39, 0.29) is 11.9 Å². The third-order valence-electron chi connectivity index (χ3n) is 4.45. The maximum absolute atomic E-state index is 13.9. The van der Waals surface area contributed by atoms with Crippen molar-refractivity contribution in [1.29, 1.82) is 0 Å². The van der Waals surface area contributed by atoms with Gasteiger partial charge < -0.3 is 15.4 Å². The molecule has 0 saturated carbocycles. The largest absolute Gasteiger partial charge is 0.379 e. The number of anilines is 1. The highest BCUT2D eigenvalue weighted by Crippen LogP contribution is 2.18. The Hall–Kier alpha value is -2.02. The molecule has 0 spiro atoms. The summed E-state index contributed by atoms with van der Waals surface area (Å²) in [5.74, 6) is -0.322. The molecule has 2 aromatic carbocycles. The summed E-state index contributed by atoms with van der Waals surface area (Å²) in [6, 6.07) is 14.9. The normalized spacial score (nSPS) is 16.1. The van der Waals surface area contributed by atoms with Gasteiger partial charge in [-0.25, -0.2) is 4.39 Å². The number of halogens is 1. The van der Waals surface area contributed by atoms with Crippen molar-refractivity contribution in [2.75, 3.05) is 38.2 Å². The van der Waals surface area contributed by atoms with Gasteiger partial charge in [-0.15, -0.1) is 0 Å². The highest BCUT2D eigenvalue weighted by Gasteiger charge is 2.19. The first kappa shape index (κ1) is 18.8. The number of benzene rings is 2. The van der Waals surface area contributed by atoms with E-state index in [1.54, 1.807) is 18.2 Å². The number of thiocarbonyl (C=S) groups is 1. The third-order valence-corrected chi connectivity index (χ3v) is 4.67. The van der Waals surface area contributed by atoms with Crippen molar-refractivity contribution in [3.8, 4) is 0 Å². The maximum Gasteiger partial charge on any atom is 0.171 e. The molecule has 4 nitrogen and oxygen atoms in total. The third kappa shape index (κ3) is 5.24. The van der Waals surface area contributed by atoms with Crippen LogP contribution in [-0.4, -0.2) is 42.9 Å². The van der Waals surface area contributed by atoms with Crippen LogP contribution in [0.2, 0.25) is 0 Å².